The Morgan fingerprint density at radius 1 is 0.400 bits per heavy atom. The highest BCUT2D eigenvalue weighted by Gasteiger charge is 2.45. The highest BCUT2D eigenvalue weighted by molar-refractivity contribution is 5.87. The Kier molecular flexibility index (Phi) is 2.37. The normalized spacial score (nSPS) is 14.7. The van der Waals surface area contributed by atoms with E-state index in [1.165, 1.54) is 44.5 Å². The molecule has 5 aliphatic carbocycles. The summed E-state index contributed by atoms with van der Waals surface area (Å²) in [5.74, 6) is 0. The Labute approximate surface area is 147 Å². The fraction of sp³-hybridized carbons (Fsp3) is 0.0400. The van der Waals surface area contributed by atoms with Gasteiger partial charge in [-0.25, -0.2) is 0 Å². The largest absolute Gasteiger partial charge is 0.0713 e. The van der Waals surface area contributed by atoms with Gasteiger partial charge in [-0.3, -0.25) is 0 Å². The summed E-state index contributed by atoms with van der Waals surface area (Å²) < 4.78 is 0. The molecule has 0 aromatic heterocycles. The highest BCUT2D eigenvalue weighted by Crippen LogP contribution is 2.56. The topological polar surface area (TPSA) is 0 Å². The zero-order valence-electron chi connectivity index (χ0n) is 13.7. The van der Waals surface area contributed by atoms with E-state index in [9.17, 15) is 0 Å². The van der Waals surface area contributed by atoms with Crippen molar-refractivity contribution < 1.29 is 0 Å². The summed E-state index contributed by atoms with van der Waals surface area (Å²) in [5.41, 5.74) is 10.5. The van der Waals surface area contributed by atoms with Crippen LogP contribution in [0.1, 0.15) is 22.3 Å². The van der Waals surface area contributed by atoms with Crippen LogP contribution in [-0.4, -0.2) is 0 Å². The second kappa shape index (κ2) is 4.49. The smallest absolute Gasteiger partial charge is 0.0619 e. The van der Waals surface area contributed by atoms with Crippen molar-refractivity contribution in [2.45, 2.75) is 5.41 Å². The van der Waals surface area contributed by atoms with Crippen LogP contribution in [-0.2, 0) is 5.41 Å². The average Bonchev–Trinajstić information content (AvgIpc) is 3.08. The van der Waals surface area contributed by atoms with Gasteiger partial charge in [-0.15, -0.1) is 0 Å². The molecule has 0 radical (unpaired) electrons. The van der Waals surface area contributed by atoms with E-state index in [1.54, 1.807) is 0 Å². The van der Waals surface area contributed by atoms with Crippen molar-refractivity contribution in [1.29, 1.82) is 0 Å². The Morgan fingerprint density at radius 3 is 1.24 bits per heavy atom. The standard InChI is InChI=1S/C25H16/c1-3-7-23-21(5-1)22-6-2-4-8-24(22)25(23)19-13-9-17(10-14-19)18-11-15-20(25)16-12-18/h1-16H. The molecule has 25 heavy (non-hydrogen) atoms. The number of hydrogen-bond acceptors (Lipinski definition) is 0. The van der Waals surface area contributed by atoms with Gasteiger partial charge in [0.2, 0.25) is 0 Å². The maximum atomic E-state index is 2.31. The van der Waals surface area contributed by atoms with Gasteiger partial charge in [0.15, 0.2) is 0 Å². The summed E-state index contributed by atoms with van der Waals surface area (Å²) in [4.78, 5) is 0. The second-order valence-corrected chi connectivity index (χ2v) is 7.00. The molecule has 5 aliphatic rings. The van der Waals surface area contributed by atoms with Crippen LogP contribution >= 0.6 is 0 Å². The summed E-state index contributed by atoms with van der Waals surface area (Å²) in [7, 11) is 0. The van der Waals surface area contributed by atoms with Gasteiger partial charge in [0.1, 0.15) is 0 Å². The predicted molar refractivity (Wildman–Crippen MR) is 103 cm³/mol. The molecule has 0 amide bonds. The monoisotopic (exact) mass is 316 g/mol. The summed E-state index contributed by atoms with van der Waals surface area (Å²) in [6.45, 7) is 0. The first-order valence-electron chi connectivity index (χ1n) is 8.80. The van der Waals surface area contributed by atoms with Crippen LogP contribution in [0.15, 0.2) is 97.1 Å². The van der Waals surface area contributed by atoms with Crippen molar-refractivity contribution in [3.8, 4) is 22.3 Å². The quantitative estimate of drug-likeness (QED) is 0.321. The summed E-state index contributed by atoms with van der Waals surface area (Å²) in [6.07, 6.45) is 0. The van der Waals surface area contributed by atoms with Gasteiger partial charge in [0.05, 0.1) is 5.41 Å². The molecule has 0 N–H and O–H groups in total. The lowest BCUT2D eigenvalue weighted by atomic mass is 9.68. The number of hydrogen-bond donors (Lipinski definition) is 0. The third kappa shape index (κ3) is 1.48. The van der Waals surface area contributed by atoms with Crippen molar-refractivity contribution in [2.75, 3.05) is 0 Å². The molecule has 0 saturated carbocycles. The first kappa shape index (κ1) is 13.2. The van der Waals surface area contributed by atoms with Crippen molar-refractivity contribution in [2.24, 2.45) is 0 Å². The number of rotatable bonds is 0. The first-order valence-corrected chi connectivity index (χ1v) is 8.80. The summed E-state index contributed by atoms with van der Waals surface area (Å²) in [6, 6.07) is 36.1. The molecule has 0 atom stereocenters. The molecule has 4 aromatic rings. The van der Waals surface area contributed by atoms with E-state index < -0.39 is 0 Å². The molecular formula is C25H16. The highest BCUT2D eigenvalue weighted by atomic mass is 14.5. The van der Waals surface area contributed by atoms with E-state index in [1.807, 2.05) is 0 Å². The lowest BCUT2D eigenvalue weighted by Gasteiger charge is -2.33. The van der Waals surface area contributed by atoms with Gasteiger partial charge in [0, 0.05) is 0 Å². The van der Waals surface area contributed by atoms with Gasteiger partial charge in [-0.05, 0) is 44.5 Å². The van der Waals surface area contributed by atoms with Gasteiger partial charge in [-0.2, -0.15) is 0 Å². The third-order valence-corrected chi connectivity index (χ3v) is 5.92. The van der Waals surface area contributed by atoms with Crippen molar-refractivity contribution in [3.05, 3.63) is 119 Å². The first-order chi connectivity index (χ1) is 12.4. The molecule has 9 rings (SSSR count). The van der Waals surface area contributed by atoms with Crippen LogP contribution in [0.3, 0.4) is 0 Å². The third-order valence-electron chi connectivity index (χ3n) is 5.92. The zero-order chi connectivity index (χ0) is 16.4. The minimum absolute atomic E-state index is 0.228. The summed E-state index contributed by atoms with van der Waals surface area (Å²) >= 11 is 0. The Morgan fingerprint density at radius 2 is 0.800 bits per heavy atom. The second-order valence-electron chi connectivity index (χ2n) is 7.00. The lowest BCUT2D eigenvalue weighted by Crippen LogP contribution is -2.28. The van der Waals surface area contributed by atoms with Crippen LogP contribution in [0.25, 0.3) is 22.3 Å². The molecule has 4 aromatic carbocycles. The van der Waals surface area contributed by atoms with Crippen LogP contribution in [0.2, 0.25) is 0 Å². The molecular weight excluding hydrogens is 300 g/mol. The molecule has 0 heterocycles. The van der Waals surface area contributed by atoms with Crippen LogP contribution < -0.4 is 0 Å². The zero-order valence-corrected chi connectivity index (χ0v) is 13.7. The predicted octanol–water partition coefficient (Wildman–Crippen LogP) is 6.03. The lowest BCUT2D eigenvalue weighted by molar-refractivity contribution is 0.770. The van der Waals surface area contributed by atoms with E-state index in [0.717, 1.165) is 0 Å². The van der Waals surface area contributed by atoms with E-state index in [-0.39, 0.29) is 5.41 Å². The number of fused-ring (bicyclic) bond motifs is 3. The van der Waals surface area contributed by atoms with Gasteiger partial charge in [-0.1, -0.05) is 97.1 Å². The maximum Gasteiger partial charge on any atom is 0.0713 e. The minimum Gasteiger partial charge on any atom is -0.0619 e. The van der Waals surface area contributed by atoms with Crippen LogP contribution in [0.5, 0.6) is 0 Å². The summed E-state index contributed by atoms with van der Waals surface area (Å²) in [5, 5.41) is 0. The van der Waals surface area contributed by atoms with Gasteiger partial charge >= 0.3 is 0 Å². The van der Waals surface area contributed by atoms with Crippen LogP contribution in [0.4, 0.5) is 0 Å². The molecule has 0 nitrogen and oxygen atoms in total. The van der Waals surface area contributed by atoms with Crippen molar-refractivity contribution in [3.63, 3.8) is 0 Å². The van der Waals surface area contributed by atoms with Crippen molar-refractivity contribution >= 4 is 0 Å². The van der Waals surface area contributed by atoms with E-state index >= 15 is 0 Å². The van der Waals surface area contributed by atoms with Crippen molar-refractivity contribution in [1.82, 2.24) is 0 Å². The molecule has 4 bridgehead atoms. The Hall–Kier alpha value is -3.12. The molecule has 1 spiro atoms. The van der Waals surface area contributed by atoms with Gasteiger partial charge in [0.25, 0.3) is 0 Å². The fourth-order valence-electron chi connectivity index (χ4n) is 4.85. The Balaban J connectivity index is 1.88. The molecule has 0 fully saturated rings. The Bertz CT molecular complexity index is 1020. The molecule has 0 unspecified atom stereocenters. The average molecular weight is 316 g/mol. The molecule has 0 saturated heterocycles. The molecule has 0 heteroatoms. The maximum absolute atomic E-state index is 2.31. The fourth-order valence-corrected chi connectivity index (χ4v) is 4.85. The van der Waals surface area contributed by atoms with E-state index in [0.29, 0.717) is 0 Å². The molecule has 0 aliphatic heterocycles. The SMILES string of the molecule is c1ccc2c(c1)-c1ccccc1C21c2ccc(cc2)-c2ccc1cc2. The van der Waals surface area contributed by atoms with Crippen LogP contribution in [0, 0.1) is 0 Å². The van der Waals surface area contributed by atoms with Gasteiger partial charge < -0.3 is 0 Å². The van der Waals surface area contributed by atoms with E-state index in [4.69, 9.17) is 0 Å². The minimum atomic E-state index is -0.228. The number of benzene rings is 4. The van der Waals surface area contributed by atoms with E-state index in [2.05, 4.69) is 97.1 Å². The molecule has 116 valence electrons.